The Morgan fingerprint density at radius 1 is 1.53 bits per heavy atom. The van der Waals surface area contributed by atoms with Gasteiger partial charge in [-0.25, -0.2) is 4.79 Å². The highest BCUT2D eigenvalue weighted by Crippen LogP contribution is 2.24. The Hall–Kier alpha value is -1.06. The molecule has 0 radical (unpaired) electrons. The number of nitrogens with one attached hydrogen (secondary N) is 1. The molecule has 2 N–H and O–H groups in total. The van der Waals surface area contributed by atoms with Gasteiger partial charge in [0.15, 0.2) is 0 Å². The summed E-state index contributed by atoms with van der Waals surface area (Å²) in [5, 5.41) is 11.0. The van der Waals surface area contributed by atoms with Crippen molar-refractivity contribution >= 4 is 6.09 Å². The van der Waals surface area contributed by atoms with Crippen molar-refractivity contribution in [2.75, 3.05) is 6.67 Å². The van der Waals surface area contributed by atoms with Gasteiger partial charge in [0.05, 0.1) is 6.67 Å². The molecule has 0 aliphatic heterocycles. The van der Waals surface area contributed by atoms with E-state index < -0.39 is 6.09 Å². The van der Waals surface area contributed by atoms with Crippen LogP contribution in [0.15, 0.2) is 11.6 Å². The van der Waals surface area contributed by atoms with Gasteiger partial charge in [0.1, 0.15) is 0 Å². The average molecular weight is 215 g/mol. The zero-order chi connectivity index (χ0) is 11.1. The number of carboxylic acid groups (broad SMARTS) is 1. The quantitative estimate of drug-likeness (QED) is 0.559. The molecule has 0 spiro atoms. The van der Waals surface area contributed by atoms with Gasteiger partial charge in [0.25, 0.3) is 0 Å². The summed E-state index contributed by atoms with van der Waals surface area (Å²) >= 11 is 0. The summed E-state index contributed by atoms with van der Waals surface area (Å²) in [6, 6.07) is 0.0980. The van der Waals surface area contributed by atoms with Crippen LogP contribution >= 0.6 is 0 Å². The van der Waals surface area contributed by atoms with E-state index in [-0.39, 0.29) is 12.7 Å². The number of alkyl halides is 1. The van der Waals surface area contributed by atoms with E-state index in [1.165, 1.54) is 5.57 Å². The second-order valence-electron chi connectivity index (χ2n) is 3.92. The molecule has 4 heteroatoms. The first-order valence-corrected chi connectivity index (χ1v) is 5.45. The van der Waals surface area contributed by atoms with Crippen LogP contribution in [0.5, 0.6) is 0 Å². The van der Waals surface area contributed by atoms with E-state index in [1.54, 1.807) is 0 Å². The van der Waals surface area contributed by atoms with E-state index in [4.69, 9.17) is 5.11 Å². The third-order valence-electron chi connectivity index (χ3n) is 2.73. The molecule has 1 rings (SSSR count). The van der Waals surface area contributed by atoms with Gasteiger partial charge in [0, 0.05) is 6.04 Å². The Kier molecular flexibility index (Phi) is 5.15. The van der Waals surface area contributed by atoms with Gasteiger partial charge in [-0.2, -0.15) is 0 Å². The summed E-state index contributed by atoms with van der Waals surface area (Å²) in [4.78, 5) is 10.4. The fourth-order valence-electron chi connectivity index (χ4n) is 1.90. The van der Waals surface area contributed by atoms with E-state index in [0.717, 1.165) is 32.1 Å². The summed E-state index contributed by atoms with van der Waals surface area (Å²) in [5.41, 5.74) is 1.35. The number of hydrogen-bond donors (Lipinski definition) is 2. The van der Waals surface area contributed by atoms with E-state index in [0.29, 0.717) is 6.42 Å². The van der Waals surface area contributed by atoms with Crippen molar-refractivity contribution in [3.05, 3.63) is 11.6 Å². The number of hydrogen-bond acceptors (Lipinski definition) is 1. The molecule has 0 aromatic rings. The van der Waals surface area contributed by atoms with Crippen LogP contribution in [0.4, 0.5) is 9.18 Å². The number of allylic oxidation sites excluding steroid dienone is 2. The summed E-state index contributed by atoms with van der Waals surface area (Å²) < 4.78 is 11.8. The van der Waals surface area contributed by atoms with Gasteiger partial charge < -0.3 is 10.4 Å². The fraction of sp³-hybridized carbons (Fsp3) is 0.727. The Bertz CT molecular complexity index is 231. The highest BCUT2D eigenvalue weighted by molar-refractivity contribution is 5.64. The number of unbranched alkanes of at least 4 members (excludes halogenated alkanes) is 1. The molecule has 1 aliphatic rings. The molecule has 1 amide bonds. The molecule has 1 saturated carbocycles. The Labute approximate surface area is 89.4 Å². The van der Waals surface area contributed by atoms with Crippen LogP contribution in [-0.4, -0.2) is 23.9 Å². The van der Waals surface area contributed by atoms with Crippen LogP contribution in [-0.2, 0) is 0 Å². The van der Waals surface area contributed by atoms with Gasteiger partial charge in [0.2, 0.25) is 0 Å². The lowest BCUT2D eigenvalue weighted by molar-refractivity contribution is 0.187. The maximum atomic E-state index is 11.8. The topological polar surface area (TPSA) is 49.3 Å². The van der Waals surface area contributed by atoms with E-state index in [2.05, 4.69) is 11.4 Å². The molecule has 0 atom stereocenters. The molecular formula is C11H18FNO2. The molecule has 0 aromatic carbocycles. The predicted molar refractivity (Wildman–Crippen MR) is 56.7 cm³/mol. The average Bonchev–Trinajstić information content (AvgIpc) is 2.20. The lowest BCUT2D eigenvalue weighted by Crippen LogP contribution is -2.35. The number of halogens is 1. The Balaban J connectivity index is 2.23. The van der Waals surface area contributed by atoms with Crippen LogP contribution in [0.25, 0.3) is 0 Å². The number of rotatable bonds is 4. The minimum Gasteiger partial charge on any atom is -0.465 e. The van der Waals surface area contributed by atoms with Gasteiger partial charge in [-0.05, 0) is 38.5 Å². The number of carbonyl (C=O) groups is 1. The van der Waals surface area contributed by atoms with Crippen LogP contribution in [0.3, 0.4) is 0 Å². The summed E-state index contributed by atoms with van der Waals surface area (Å²) in [6.45, 7) is -0.257. The van der Waals surface area contributed by atoms with Crippen LogP contribution in [0.1, 0.15) is 38.5 Å². The van der Waals surface area contributed by atoms with Crippen molar-refractivity contribution in [1.29, 1.82) is 0 Å². The molecule has 3 nitrogen and oxygen atoms in total. The molecule has 0 aromatic heterocycles. The predicted octanol–water partition coefficient (Wildman–Crippen LogP) is 2.87. The van der Waals surface area contributed by atoms with Crippen molar-refractivity contribution in [2.24, 2.45) is 0 Å². The number of amides is 1. The molecule has 1 aliphatic carbocycles. The SMILES string of the molecule is O=C(O)NC1CCC(=CCCCF)CC1. The van der Waals surface area contributed by atoms with Gasteiger partial charge in [-0.15, -0.1) is 0 Å². The molecule has 0 heterocycles. The minimum absolute atomic E-state index is 0.0980. The lowest BCUT2D eigenvalue weighted by atomic mass is 9.90. The molecule has 0 bridgehead atoms. The van der Waals surface area contributed by atoms with Crippen LogP contribution in [0.2, 0.25) is 0 Å². The largest absolute Gasteiger partial charge is 0.465 e. The maximum absolute atomic E-state index is 11.8. The lowest BCUT2D eigenvalue weighted by Gasteiger charge is -2.23. The molecule has 86 valence electrons. The second-order valence-corrected chi connectivity index (χ2v) is 3.92. The van der Waals surface area contributed by atoms with Crippen LogP contribution < -0.4 is 5.32 Å². The van der Waals surface area contributed by atoms with Crippen molar-refractivity contribution in [1.82, 2.24) is 5.32 Å². The monoisotopic (exact) mass is 215 g/mol. The minimum atomic E-state index is -0.940. The molecule has 15 heavy (non-hydrogen) atoms. The summed E-state index contributed by atoms with van der Waals surface area (Å²) in [7, 11) is 0. The fourth-order valence-corrected chi connectivity index (χ4v) is 1.90. The van der Waals surface area contributed by atoms with Crippen LogP contribution in [0, 0.1) is 0 Å². The van der Waals surface area contributed by atoms with E-state index in [1.807, 2.05) is 0 Å². The van der Waals surface area contributed by atoms with Crippen molar-refractivity contribution < 1.29 is 14.3 Å². The normalized spacial score (nSPS) is 21.1. The Morgan fingerprint density at radius 3 is 2.73 bits per heavy atom. The molecule has 0 saturated heterocycles. The first-order valence-electron chi connectivity index (χ1n) is 5.45. The third kappa shape index (κ3) is 4.81. The molecular weight excluding hydrogens is 197 g/mol. The van der Waals surface area contributed by atoms with Gasteiger partial charge in [-0.1, -0.05) is 11.6 Å². The zero-order valence-corrected chi connectivity index (χ0v) is 8.84. The molecule has 1 fully saturated rings. The van der Waals surface area contributed by atoms with E-state index >= 15 is 0 Å². The highest BCUT2D eigenvalue weighted by Gasteiger charge is 2.17. The summed E-state index contributed by atoms with van der Waals surface area (Å²) in [5.74, 6) is 0. The van der Waals surface area contributed by atoms with Gasteiger partial charge in [-0.3, -0.25) is 4.39 Å². The zero-order valence-electron chi connectivity index (χ0n) is 8.84. The summed E-state index contributed by atoms with van der Waals surface area (Å²) in [6.07, 6.45) is 6.19. The highest BCUT2D eigenvalue weighted by atomic mass is 19.1. The van der Waals surface area contributed by atoms with Crippen molar-refractivity contribution in [2.45, 2.75) is 44.6 Å². The van der Waals surface area contributed by atoms with Crippen molar-refractivity contribution in [3.8, 4) is 0 Å². The van der Waals surface area contributed by atoms with E-state index in [9.17, 15) is 9.18 Å². The van der Waals surface area contributed by atoms with Crippen molar-refractivity contribution in [3.63, 3.8) is 0 Å². The third-order valence-corrected chi connectivity index (χ3v) is 2.73. The smallest absolute Gasteiger partial charge is 0.404 e. The second kappa shape index (κ2) is 6.43. The standard InChI is InChI=1S/C11H18FNO2/c12-8-2-1-3-9-4-6-10(7-5-9)13-11(14)15/h3,10,13H,1-2,4-8H2,(H,14,15). The van der Waals surface area contributed by atoms with Gasteiger partial charge >= 0.3 is 6.09 Å². The Morgan fingerprint density at radius 2 is 2.20 bits per heavy atom. The molecule has 0 unspecified atom stereocenters. The first kappa shape index (κ1) is 12.0. The first-order chi connectivity index (χ1) is 7.22. The maximum Gasteiger partial charge on any atom is 0.404 e.